The normalized spacial score (nSPS) is 21.0. The van der Waals surface area contributed by atoms with Gasteiger partial charge in [-0.1, -0.05) is 0 Å². The number of ether oxygens (including phenoxy) is 1. The molecule has 1 unspecified atom stereocenters. The van der Waals surface area contributed by atoms with Crippen molar-refractivity contribution < 1.29 is 17.5 Å². The Labute approximate surface area is 117 Å². The molecule has 0 bridgehead atoms. The van der Waals surface area contributed by atoms with Crippen molar-refractivity contribution in [3.05, 3.63) is 24.0 Å². The Morgan fingerprint density at radius 3 is 2.95 bits per heavy atom. The summed E-state index contributed by atoms with van der Waals surface area (Å²) < 4.78 is 45.1. The zero-order valence-electron chi connectivity index (χ0n) is 11.2. The average molecular weight is 303 g/mol. The van der Waals surface area contributed by atoms with Crippen molar-refractivity contribution in [1.29, 1.82) is 0 Å². The maximum Gasteiger partial charge on any atom is 0.240 e. The summed E-state index contributed by atoms with van der Waals surface area (Å²) in [4.78, 5) is 2.01. The highest BCUT2D eigenvalue weighted by atomic mass is 32.2. The fourth-order valence-electron chi connectivity index (χ4n) is 1.97. The lowest BCUT2D eigenvalue weighted by Gasteiger charge is -2.30. The first-order valence-electron chi connectivity index (χ1n) is 6.23. The van der Waals surface area contributed by atoms with Gasteiger partial charge in [-0.25, -0.2) is 17.5 Å². The highest BCUT2D eigenvalue weighted by Gasteiger charge is 2.21. The fraction of sp³-hybridized carbons (Fsp3) is 0.500. The molecule has 1 aromatic carbocycles. The van der Waals surface area contributed by atoms with Gasteiger partial charge in [-0.3, -0.25) is 0 Å². The van der Waals surface area contributed by atoms with Crippen LogP contribution in [0.15, 0.2) is 23.1 Å². The van der Waals surface area contributed by atoms with Gasteiger partial charge in [-0.05, 0) is 25.2 Å². The van der Waals surface area contributed by atoms with E-state index in [9.17, 15) is 12.8 Å². The van der Waals surface area contributed by atoms with Crippen molar-refractivity contribution in [1.82, 2.24) is 9.62 Å². The molecule has 1 aliphatic heterocycles. The molecule has 0 amide bonds. The summed E-state index contributed by atoms with van der Waals surface area (Å²) in [6.45, 7) is 2.24. The largest absolute Gasteiger partial charge is 0.396 e. The third-order valence-electron chi connectivity index (χ3n) is 3.12. The van der Waals surface area contributed by atoms with Crippen molar-refractivity contribution in [2.75, 3.05) is 39.0 Å². The number of sulfonamides is 1. The summed E-state index contributed by atoms with van der Waals surface area (Å²) in [6.07, 6.45) is -0.193. The van der Waals surface area contributed by atoms with Crippen molar-refractivity contribution in [2.45, 2.75) is 11.0 Å². The predicted molar refractivity (Wildman–Crippen MR) is 73.2 cm³/mol. The van der Waals surface area contributed by atoms with Crippen LogP contribution >= 0.6 is 0 Å². The smallest absolute Gasteiger partial charge is 0.240 e. The number of hydrogen-bond donors (Lipinski definition) is 2. The lowest BCUT2D eigenvalue weighted by atomic mass is 10.3. The van der Waals surface area contributed by atoms with Crippen LogP contribution in [0.5, 0.6) is 0 Å². The first kappa shape index (κ1) is 15.2. The number of rotatable bonds is 4. The number of nitrogens with one attached hydrogen (secondary N) is 1. The minimum Gasteiger partial charge on any atom is -0.396 e. The maximum absolute atomic E-state index is 13.0. The zero-order valence-corrected chi connectivity index (χ0v) is 12.0. The second-order valence-corrected chi connectivity index (χ2v) is 6.56. The van der Waals surface area contributed by atoms with Crippen molar-refractivity contribution >= 4 is 15.7 Å². The Balaban J connectivity index is 2.01. The van der Waals surface area contributed by atoms with Gasteiger partial charge in [-0.15, -0.1) is 0 Å². The van der Waals surface area contributed by atoms with Crippen LogP contribution < -0.4 is 10.5 Å². The lowest BCUT2D eigenvalue weighted by Crippen LogP contribution is -2.45. The number of nitrogen functional groups attached to an aromatic ring is 1. The molecular weight excluding hydrogens is 285 g/mol. The van der Waals surface area contributed by atoms with Crippen LogP contribution in [-0.4, -0.2) is 52.7 Å². The summed E-state index contributed by atoms with van der Waals surface area (Å²) in [7, 11) is -1.76. The molecule has 1 fully saturated rings. The molecule has 1 saturated heterocycles. The van der Waals surface area contributed by atoms with E-state index in [0.717, 1.165) is 18.7 Å². The molecule has 6 nitrogen and oxygen atoms in total. The van der Waals surface area contributed by atoms with Crippen LogP contribution in [0.4, 0.5) is 10.1 Å². The maximum atomic E-state index is 13.0. The molecule has 0 radical (unpaired) electrons. The van der Waals surface area contributed by atoms with E-state index in [0.29, 0.717) is 13.2 Å². The first-order chi connectivity index (χ1) is 9.38. The first-order valence-corrected chi connectivity index (χ1v) is 7.71. The third-order valence-corrected chi connectivity index (χ3v) is 4.54. The number of nitrogens with two attached hydrogens (primary N) is 1. The highest BCUT2D eigenvalue weighted by molar-refractivity contribution is 7.89. The van der Waals surface area contributed by atoms with Gasteiger partial charge in [0.1, 0.15) is 5.82 Å². The summed E-state index contributed by atoms with van der Waals surface area (Å²) in [6, 6.07) is 3.32. The molecule has 0 aliphatic carbocycles. The number of morpholine rings is 1. The molecule has 2 rings (SSSR count). The van der Waals surface area contributed by atoms with E-state index >= 15 is 0 Å². The lowest BCUT2D eigenvalue weighted by molar-refractivity contribution is -0.0156. The van der Waals surface area contributed by atoms with Crippen LogP contribution in [0.25, 0.3) is 0 Å². The summed E-state index contributed by atoms with van der Waals surface area (Å²) in [5.41, 5.74) is 5.18. The van der Waals surface area contributed by atoms with Crippen molar-refractivity contribution in [2.24, 2.45) is 0 Å². The van der Waals surface area contributed by atoms with E-state index in [4.69, 9.17) is 10.5 Å². The van der Waals surface area contributed by atoms with E-state index in [-0.39, 0.29) is 23.2 Å². The van der Waals surface area contributed by atoms with Crippen molar-refractivity contribution in [3.63, 3.8) is 0 Å². The number of nitrogens with zero attached hydrogens (tertiary/aromatic N) is 1. The molecule has 1 aromatic rings. The van der Waals surface area contributed by atoms with Crippen LogP contribution in [-0.2, 0) is 14.8 Å². The van der Waals surface area contributed by atoms with Gasteiger partial charge in [0.15, 0.2) is 0 Å². The Kier molecular flexibility index (Phi) is 4.59. The molecule has 1 aliphatic rings. The number of anilines is 1. The van der Waals surface area contributed by atoms with Gasteiger partial charge in [0, 0.05) is 19.6 Å². The summed E-state index contributed by atoms with van der Waals surface area (Å²) in [5.74, 6) is -0.638. The Bertz CT molecular complexity index is 579. The van der Waals surface area contributed by atoms with E-state index in [1.807, 2.05) is 7.05 Å². The van der Waals surface area contributed by atoms with Crippen LogP contribution in [0.2, 0.25) is 0 Å². The molecule has 20 heavy (non-hydrogen) atoms. The molecular formula is C12H18FN3O3S. The Hall–Kier alpha value is -1.22. The highest BCUT2D eigenvalue weighted by Crippen LogP contribution is 2.16. The quantitative estimate of drug-likeness (QED) is 0.766. The van der Waals surface area contributed by atoms with Gasteiger partial charge in [0.25, 0.3) is 0 Å². The van der Waals surface area contributed by atoms with E-state index in [1.165, 1.54) is 6.07 Å². The molecule has 0 spiro atoms. The molecule has 0 aromatic heterocycles. The van der Waals surface area contributed by atoms with Crippen LogP contribution in [0.3, 0.4) is 0 Å². The van der Waals surface area contributed by atoms with Gasteiger partial charge < -0.3 is 15.4 Å². The molecule has 1 atom stereocenters. The van der Waals surface area contributed by atoms with Gasteiger partial charge in [0.2, 0.25) is 10.0 Å². The second kappa shape index (κ2) is 6.04. The van der Waals surface area contributed by atoms with Crippen molar-refractivity contribution in [3.8, 4) is 0 Å². The Morgan fingerprint density at radius 1 is 1.55 bits per heavy atom. The van der Waals surface area contributed by atoms with E-state index < -0.39 is 15.8 Å². The third kappa shape index (κ3) is 3.66. The predicted octanol–water partition coefficient (Wildman–Crippen LogP) is 0.0168. The molecule has 8 heteroatoms. The van der Waals surface area contributed by atoms with Crippen LogP contribution in [0, 0.1) is 5.82 Å². The molecule has 3 N–H and O–H groups in total. The van der Waals surface area contributed by atoms with E-state index in [2.05, 4.69) is 9.62 Å². The summed E-state index contributed by atoms with van der Waals surface area (Å²) >= 11 is 0. The zero-order chi connectivity index (χ0) is 14.8. The number of halogens is 1. The second-order valence-electron chi connectivity index (χ2n) is 4.79. The minimum atomic E-state index is -3.71. The fourth-order valence-corrected chi connectivity index (χ4v) is 3.07. The number of likely N-dealkylation sites (N-methyl/N-ethyl adjacent to an activating group) is 1. The van der Waals surface area contributed by atoms with Gasteiger partial charge >= 0.3 is 0 Å². The molecule has 112 valence electrons. The summed E-state index contributed by atoms with van der Waals surface area (Å²) in [5, 5.41) is 0. The standard InChI is InChI=1S/C12H18FN3O3S/c1-16-4-5-19-9(8-16)7-15-20(17,18)10-2-3-11(13)12(14)6-10/h2-3,6,9,15H,4-5,7-8,14H2,1H3. The van der Waals surface area contributed by atoms with Crippen LogP contribution in [0.1, 0.15) is 0 Å². The van der Waals surface area contributed by atoms with Gasteiger partial charge in [0.05, 0.1) is 23.3 Å². The molecule has 0 saturated carbocycles. The molecule has 1 heterocycles. The monoisotopic (exact) mass is 303 g/mol. The average Bonchev–Trinajstić information content (AvgIpc) is 2.40. The minimum absolute atomic E-state index is 0.0550. The Morgan fingerprint density at radius 2 is 2.30 bits per heavy atom. The topological polar surface area (TPSA) is 84.7 Å². The number of hydrogen-bond acceptors (Lipinski definition) is 5. The van der Waals surface area contributed by atoms with Gasteiger partial charge in [-0.2, -0.15) is 0 Å². The SMILES string of the molecule is CN1CCOC(CNS(=O)(=O)c2ccc(F)c(N)c2)C1. The van der Waals surface area contributed by atoms with E-state index in [1.54, 1.807) is 0 Å². The number of benzene rings is 1.